The zero-order chi connectivity index (χ0) is 13.3. The molecule has 0 aliphatic carbocycles. The minimum absolute atomic E-state index is 0.191. The Bertz CT molecular complexity index is 533. The van der Waals surface area contributed by atoms with Crippen molar-refractivity contribution in [1.82, 2.24) is 5.06 Å². The van der Waals surface area contributed by atoms with E-state index in [1.165, 1.54) is 12.1 Å². The molecule has 0 unspecified atom stereocenters. The molecule has 1 aromatic carbocycles. The molecular formula is C11H6BNO5. The van der Waals surface area contributed by atoms with Gasteiger partial charge in [0.2, 0.25) is 5.76 Å². The number of hydrogen-bond donors (Lipinski definition) is 0. The molecule has 1 aromatic rings. The first-order valence-electron chi connectivity index (χ1n) is 4.82. The first kappa shape index (κ1) is 11.9. The average molecular weight is 243 g/mol. The summed E-state index contributed by atoms with van der Waals surface area (Å²) < 4.78 is 3.86. The molecule has 0 aromatic heterocycles. The van der Waals surface area contributed by atoms with E-state index in [1.54, 1.807) is 12.1 Å². The van der Waals surface area contributed by atoms with Gasteiger partial charge in [0, 0.05) is 0 Å². The van der Waals surface area contributed by atoms with Gasteiger partial charge in [0.25, 0.3) is 11.8 Å². The van der Waals surface area contributed by atoms with Crippen LogP contribution in [0.2, 0.25) is 0 Å². The molecule has 1 aliphatic heterocycles. The molecule has 2 radical (unpaired) electrons. The monoisotopic (exact) mass is 243 g/mol. The summed E-state index contributed by atoms with van der Waals surface area (Å²) in [6, 6.07) is 6.17. The summed E-state index contributed by atoms with van der Waals surface area (Å²) >= 11 is 0. The van der Waals surface area contributed by atoms with Crippen molar-refractivity contribution in [1.29, 1.82) is 0 Å². The van der Waals surface area contributed by atoms with Crippen LogP contribution in [-0.4, -0.2) is 30.9 Å². The Hall–Kier alpha value is -2.57. The first-order valence-corrected chi connectivity index (χ1v) is 4.82. The summed E-state index contributed by atoms with van der Waals surface area (Å²) in [4.78, 5) is 39.3. The maximum atomic E-state index is 11.8. The molecule has 0 saturated heterocycles. The molecule has 18 heavy (non-hydrogen) atoms. The Balaban J connectivity index is 2.24. The van der Waals surface area contributed by atoms with E-state index in [0.29, 0.717) is 5.06 Å². The van der Waals surface area contributed by atoms with Crippen LogP contribution in [0.25, 0.3) is 0 Å². The highest BCUT2D eigenvalue weighted by atomic mass is 16.7. The van der Waals surface area contributed by atoms with Gasteiger partial charge in [-0.2, -0.15) is 0 Å². The smallest absolute Gasteiger partial charge is 0.379 e. The summed E-state index contributed by atoms with van der Waals surface area (Å²) in [5.74, 6) is -3.00. The van der Waals surface area contributed by atoms with Crippen LogP contribution in [0, 0.1) is 0 Å². The number of carbonyl (C=O) groups is 3. The summed E-state index contributed by atoms with van der Waals surface area (Å²) in [5.41, 5.74) is 0.382. The van der Waals surface area contributed by atoms with Gasteiger partial charge in [-0.05, 0) is 18.7 Å². The summed E-state index contributed by atoms with van der Waals surface area (Å²) in [6.45, 7) is 3.20. The van der Waals surface area contributed by atoms with Crippen molar-refractivity contribution in [3.63, 3.8) is 0 Å². The summed E-state index contributed by atoms with van der Waals surface area (Å²) in [5, 5.41) is 0.434. The van der Waals surface area contributed by atoms with E-state index in [2.05, 4.69) is 19.3 Å². The lowest BCUT2D eigenvalue weighted by Crippen LogP contribution is -2.31. The molecule has 0 saturated carbocycles. The molecule has 2 rings (SSSR count). The van der Waals surface area contributed by atoms with Crippen LogP contribution in [0.1, 0.15) is 20.7 Å². The number of fused-ring (bicyclic) bond motifs is 1. The summed E-state index contributed by atoms with van der Waals surface area (Å²) in [7, 11) is 4.62. The SMILES string of the molecule is [B]OC(=O)C(=C)ON1C(=O)c2ccccc2C1=O. The number of nitrogens with zero attached hydrogens (tertiary/aromatic N) is 1. The molecular weight excluding hydrogens is 237 g/mol. The van der Waals surface area contributed by atoms with E-state index in [1.807, 2.05) is 0 Å². The van der Waals surface area contributed by atoms with Crippen molar-refractivity contribution in [3.05, 3.63) is 47.7 Å². The highest BCUT2D eigenvalue weighted by Crippen LogP contribution is 2.23. The van der Waals surface area contributed by atoms with Crippen molar-refractivity contribution >= 4 is 25.8 Å². The Morgan fingerprint density at radius 1 is 1.17 bits per heavy atom. The van der Waals surface area contributed by atoms with E-state index < -0.39 is 23.5 Å². The van der Waals surface area contributed by atoms with Gasteiger partial charge in [-0.15, -0.1) is 0 Å². The van der Waals surface area contributed by atoms with Gasteiger partial charge in [-0.25, -0.2) is 4.79 Å². The van der Waals surface area contributed by atoms with Crippen LogP contribution in [-0.2, 0) is 14.3 Å². The highest BCUT2D eigenvalue weighted by Gasteiger charge is 2.38. The molecule has 7 heteroatoms. The van der Waals surface area contributed by atoms with Crippen LogP contribution in [0.3, 0.4) is 0 Å². The topological polar surface area (TPSA) is 72.9 Å². The fourth-order valence-corrected chi connectivity index (χ4v) is 1.46. The van der Waals surface area contributed by atoms with Crippen LogP contribution >= 0.6 is 0 Å². The number of amides is 2. The molecule has 0 spiro atoms. The maximum Gasteiger partial charge on any atom is 0.379 e. The minimum Gasteiger partial charge on any atom is -0.538 e. The van der Waals surface area contributed by atoms with Gasteiger partial charge in [-0.1, -0.05) is 17.2 Å². The fourth-order valence-electron chi connectivity index (χ4n) is 1.46. The predicted octanol–water partition coefficient (Wildman–Crippen LogP) is 0.355. The first-order chi connectivity index (χ1) is 8.56. The largest absolute Gasteiger partial charge is 0.538 e. The van der Waals surface area contributed by atoms with Crippen molar-refractivity contribution in [2.45, 2.75) is 0 Å². The number of benzene rings is 1. The van der Waals surface area contributed by atoms with E-state index in [-0.39, 0.29) is 11.1 Å². The van der Waals surface area contributed by atoms with Crippen LogP contribution in [0.4, 0.5) is 0 Å². The van der Waals surface area contributed by atoms with Gasteiger partial charge in [-0.3, -0.25) is 9.59 Å². The zero-order valence-corrected chi connectivity index (χ0v) is 9.08. The third-order valence-corrected chi connectivity index (χ3v) is 2.29. The van der Waals surface area contributed by atoms with Crippen molar-refractivity contribution < 1.29 is 23.9 Å². The Morgan fingerprint density at radius 2 is 1.67 bits per heavy atom. The van der Waals surface area contributed by atoms with Crippen molar-refractivity contribution in [2.24, 2.45) is 0 Å². The van der Waals surface area contributed by atoms with E-state index in [0.717, 1.165) is 0 Å². The molecule has 0 bridgehead atoms. The maximum absolute atomic E-state index is 11.8. The number of hydroxylamine groups is 2. The van der Waals surface area contributed by atoms with Gasteiger partial charge in [0.15, 0.2) is 0 Å². The standard InChI is InChI=1S/C11H6BNO5/c1-6(11(16)17-12)18-13-9(14)7-4-2-3-5-8(7)10(13)15/h2-5H,1H2. The van der Waals surface area contributed by atoms with Gasteiger partial charge in [0.1, 0.15) is 0 Å². The lowest BCUT2D eigenvalue weighted by molar-refractivity contribution is -0.140. The lowest BCUT2D eigenvalue weighted by Gasteiger charge is -2.14. The number of rotatable bonds is 3. The van der Waals surface area contributed by atoms with E-state index in [9.17, 15) is 14.4 Å². The average Bonchev–Trinajstić information content (AvgIpc) is 2.63. The third-order valence-electron chi connectivity index (χ3n) is 2.29. The number of imide groups is 1. The number of carbonyl (C=O) groups excluding carboxylic acids is 3. The predicted molar refractivity (Wildman–Crippen MR) is 59.0 cm³/mol. The highest BCUT2D eigenvalue weighted by molar-refractivity contribution is 6.20. The van der Waals surface area contributed by atoms with Crippen LogP contribution < -0.4 is 0 Å². The molecule has 0 N–H and O–H groups in total. The molecule has 88 valence electrons. The Morgan fingerprint density at radius 3 is 2.11 bits per heavy atom. The van der Waals surface area contributed by atoms with E-state index >= 15 is 0 Å². The zero-order valence-electron chi connectivity index (χ0n) is 9.08. The Kier molecular flexibility index (Phi) is 2.89. The molecule has 6 nitrogen and oxygen atoms in total. The van der Waals surface area contributed by atoms with Crippen LogP contribution in [0.5, 0.6) is 0 Å². The van der Waals surface area contributed by atoms with Gasteiger partial charge >= 0.3 is 14.0 Å². The second-order valence-corrected chi connectivity index (χ2v) is 3.37. The van der Waals surface area contributed by atoms with E-state index in [4.69, 9.17) is 4.84 Å². The quantitative estimate of drug-likeness (QED) is 0.331. The molecule has 0 fully saturated rings. The van der Waals surface area contributed by atoms with Crippen molar-refractivity contribution in [3.8, 4) is 0 Å². The van der Waals surface area contributed by atoms with Gasteiger partial charge in [0.05, 0.1) is 11.1 Å². The number of hydrogen-bond acceptors (Lipinski definition) is 5. The lowest BCUT2D eigenvalue weighted by atomic mass is 10.1. The second kappa shape index (κ2) is 4.36. The molecule has 1 aliphatic rings. The molecule has 1 heterocycles. The Labute approximate surface area is 103 Å². The summed E-state index contributed by atoms with van der Waals surface area (Å²) in [6.07, 6.45) is 0. The molecule has 2 amide bonds. The second-order valence-electron chi connectivity index (χ2n) is 3.37. The molecule has 0 atom stereocenters. The van der Waals surface area contributed by atoms with Crippen LogP contribution in [0.15, 0.2) is 36.6 Å². The van der Waals surface area contributed by atoms with Crippen molar-refractivity contribution in [2.75, 3.05) is 0 Å². The van der Waals surface area contributed by atoms with Gasteiger partial charge < -0.3 is 9.49 Å². The fraction of sp³-hybridized carbons (Fsp3) is 0. The third kappa shape index (κ3) is 1.75. The minimum atomic E-state index is -1.08. The normalized spacial score (nSPS) is 13.2.